The third kappa shape index (κ3) is 3.77. The molecule has 2 unspecified atom stereocenters. The summed E-state index contributed by atoms with van der Waals surface area (Å²) < 4.78 is 23.1. The number of nitrogens with one attached hydrogen (secondary N) is 2. The van der Waals surface area contributed by atoms with Crippen molar-refractivity contribution in [3.8, 4) is 0 Å². The number of benzene rings is 2. The Hall–Kier alpha value is -2.67. The van der Waals surface area contributed by atoms with E-state index < -0.39 is 15.8 Å². The predicted molar refractivity (Wildman–Crippen MR) is 98.5 cm³/mol. The smallest absolute Gasteiger partial charge is 0.228 e. The van der Waals surface area contributed by atoms with Crippen LogP contribution in [-0.2, 0) is 19.4 Å². The van der Waals surface area contributed by atoms with Crippen LogP contribution in [0.25, 0.3) is 0 Å². The van der Waals surface area contributed by atoms with Gasteiger partial charge >= 0.3 is 0 Å². The summed E-state index contributed by atoms with van der Waals surface area (Å²) >= 11 is 0. The third-order valence-electron chi connectivity index (χ3n) is 4.48. The lowest BCUT2D eigenvalue weighted by atomic mass is 9.89. The zero-order valence-electron chi connectivity index (χ0n) is 14.5. The molecule has 2 aromatic carbocycles. The molecule has 0 saturated carbocycles. The minimum atomic E-state index is -3.26. The van der Waals surface area contributed by atoms with Crippen LogP contribution in [0.1, 0.15) is 36.4 Å². The third-order valence-corrected chi connectivity index (χ3v) is 5.61. The molecule has 2 atom stereocenters. The van der Waals surface area contributed by atoms with Crippen LogP contribution in [0.2, 0.25) is 0 Å². The standard InChI is InChI=1S/C19H20N2O4S/c1-12(13-7-9-14(10-8-13)26(2,24)25)20-19(23)16-11-18(22)21-17-6-4-3-5-15(16)17/h3-10,12,16H,11H2,1-2H3,(H,20,23)(H,21,22). The van der Waals surface area contributed by atoms with Gasteiger partial charge in [-0.1, -0.05) is 30.3 Å². The zero-order valence-corrected chi connectivity index (χ0v) is 15.3. The van der Waals surface area contributed by atoms with Crippen molar-refractivity contribution in [2.75, 3.05) is 11.6 Å². The SMILES string of the molecule is CC(NC(=O)C1CC(=O)Nc2ccccc21)c1ccc(S(C)(=O)=O)cc1. The lowest BCUT2D eigenvalue weighted by Crippen LogP contribution is -2.36. The first-order valence-corrected chi connectivity index (χ1v) is 10.1. The first-order chi connectivity index (χ1) is 12.3. The fourth-order valence-electron chi connectivity index (χ4n) is 3.05. The predicted octanol–water partition coefficient (Wildman–Crippen LogP) is 2.39. The number of para-hydroxylation sites is 1. The van der Waals surface area contributed by atoms with E-state index in [-0.39, 0.29) is 29.2 Å². The van der Waals surface area contributed by atoms with Crippen molar-refractivity contribution >= 4 is 27.3 Å². The summed E-state index contributed by atoms with van der Waals surface area (Å²) in [4.78, 5) is 24.8. The molecule has 0 spiro atoms. The Labute approximate surface area is 152 Å². The van der Waals surface area contributed by atoms with Crippen molar-refractivity contribution in [3.63, 3.8) is 0 Å². The summed E-state index contributed by atoms with van der Waals surface area (Å²) in [5.41, 5.74) is 2.25. The fraction of sp³-hybridized carbons (Fsp3) is 0.263. The van der Waals surface area contributed by atoms with Crippen molar-refractivity contribution in [3.05, 3.63) is 59.7 Å². The van der Waals surface area contributed by atoms with E-state index in [1.54, 1.807) is 18.2 Å². The molecule has 136 valence electrons. The van der Waals surface area contributed by atoms with Gasteiger partial charge in [0.25, 0.3) is 0 Å². The Balaban J connectivity index is 1.77. The van der Waals surface area contributed by atoms with Gasteiger partial charge in [-0.2, -0.15) is 0 Å². The maximum absolute atomic E-state index is 12.7. The molecule has 0 fully saturated rings. The van der Waals surface area contributed by atoms with Gasteiger partial charge in [0.2, 0.25) is 11.8 Å². The fourth-order valence-corrected chi connectivity index (χ4v) is 3.68. The van der Waals surface area contributed by atoms with Crippen LogP contribution in [0.3, 0.4) is 0 Å². The van der Waals surface area contributed by atoms with Gasteiger partial charge in [0, 0.05) is 18.4 Å². The van der Waals surface area contributed by atoms with Crippen LogP contribution >= 0.6 is 0 Å². The van der Waals surface area contributed by atoms with Crippen LogP contribution in [-0.4, -0.2) is 26.5 Å². The van der Waals surface area contributed by atoms with E-state index in [9.17, 15) is 18.0 Å². The number of rotatable bonds is 4. The molecule has 3 rings (SSSR count). The molecule has 2 amide bonds. The maximum atomic E-state index is 12.7. The summed E-state index contributed by atoms with van der Waals surface area (Å²) in [6, 6.07) is 13.4. The molecule has 6 nitrogen and oxygen atoms in total. The molecule has 2 N–H and O–H groups in total. The van der Waals surface area contributed by atoms with Gasteiger partial charge in [0.15, 0.2) is 9.84 Å². The molecular weight excluding hydrogens is 352 g/mol. The normalized spacial score (nSPS) is 17.8. The topological polar surface area (TPSA) is 92.3 Å². The van der Waals surface area contributed by atoms with E-state index in [4.69, 9.17) is 0 Å². The van der Waals surface area contributed by atoms with Gasteiger partial charge in [-0.05, 0) is 36.2 Å². The lowest BCUT2D eigenvalue weighted by molar-refractivity contribution is -0.126. The number of sulfone groups is 1. The number of carbonyl (C=O) groups is 2. The van der Waals surface area contributed by atoms with Crippen molar-refractivity contribution in [2.45, 2.75) is 30.2 Å². The Morgan fingerprint density at radius 2 is 1.81 bits per heavy atom. The van der Waals surface area contributed by atoms with Crippen LogP contribution < -0.4 is 10.6 Å². The summed E-state index contributed by atoms with van der Waals surface area (Å²) in [7, 11) is -3.26. The van der Waals surface area contributed by atoms with Gasteiger partial charge in [-0.25, -0.2) is 8.42 Å². The van der Waals surface area contributed by atoms with Gasteiger partial charge in [-0.3, -0.25) is 9.59 Å². The van der Waals surface area contributed by atoms with Gasteiger partial charge in [-0.15, -0.1) is 0 Å². The highest BCUT2D eigenvalue weighted by Gasteiger charge is 2.31. The molecule has 26 heavy (non-hydrogen) atoms. The van der Waals surface area contributed by atoms with Gasteiger partial charge < -0.3 is 10.6 Å². The molecule has 7 heteroatoms. The van der Waals surface area contributed by atoms with Crippen molar-refractivity contribution < 1.29 is 18.0 Å². The quantitative estimate of drug-likeness (QED) is 0.862. The second-order valence-electron chi connectivity index (χ2n) is 6.46. The average Bonchev–Trinajstić information content (AvgIpc) is 2.60. The van der Waals surface area contributed by atoms with Crippen molar-refractivity contribution in [2.24, 2.45) is 0 Å². The van der Waals surface area contributed by atoms with E-state index in [0.717, 1.165) is 17.4 Å². The molecule has 2 aromatic rings. The van der Waals surface area contributed by atoms with E-state index in [1.165, 1.54) is 12.1 Å². The highest BCUT2D eigenvalue weighted by atomic mass is 32.2. The van der Waals surface area contributed by atoms with Crippen molar-refractivity contribution in [1.29, 1.82) is 0 Å². The van der Waals surface area contributed by atoms with Crippen LogP contribution in [0.4, 0.5) is 5.69 Å². The summed E-state index contributed by atoms with van der Waals surface area (Å²) in [6.07, 6.45) is 1.25. The summed E-state index contributed by atoms with van der Waals surface area (Å²) in [6.45, 7) is 1.82. The highest BCUT2D eigenvalue weighted by molar-refractivity contribution is 7.90. The van der Waals surface area contributed by atoms with E-state index >= 15 is 0 Å². The molecule has 1 aliphatic rings. The summed E-state index contributed by atoms with van der Waals surface area (Å²) in [5, 5.41) is 5.69. The average molecular weight is 372 g/mol. The molecule has 0 bridgehead atoms. The number of fused-ring (bicyclic) bond motifs is 1. The lowest BCUT2D eigenvalue weighted by Gasteiger charge is -2.26. The Morgan fingerprint density at radius 1 is 1.15 bits per heavy atom. The van der Waals surface area contributed by atoms with Crippen molar-refractivity contribution in [1.82, 2.24) is 5.32 Å². The van der Waals surface area contributed by atoms with E-state index in [1.807, 2.05) is 25.1 Å². The first-order valence-electron chi connectivity index (χ1n) is 8.25. The second kappa shape index (κ2) is 6.92. The molecule has 0 saturated heterocycles. The summed E-state index contributed by atoms with van der Waals surface area (Å²) in [5.74, 6) is -0.960. The maximum Gasteiger partial charge on any atom is 0.228 e. The monoisotopic (exact) mass is 372 g/mol. The number of amides is 2. The van der Waals surface area contributed by atoms with E-state index in [2.05, 4.69) is 10.6 Å². The Bertz CT molecular complexity index is 952. The number of hydrogen-bond donors (Lipinski definition) is 2. The van der Waals surface area contributed by atoms with Crippen LogP contribution in [0.5, 0.6) is 0 Å². The highest BCUT2D eigenvalue weighted by Crippen LogP contribution is 2.32. The Morgan fingerprint density at radius 3 is 2.46 bits per heavy atom. The molecule has 1 heterocycles. The minimum Gasteiger partial charge on any atom is -0.349 e. The zero-order chi connectivity index (χ0) is 18.9. The Kier molecular flexibility index (Phi) is 4.82. The molecule has 1 aliphatic heterocycles. The van der Waals surface area contributed by atoms with Crippen LogP contribution in [0, 0.1) is 0 Å². The second-order valence-corrected chi connectivity index (χ2v) is 8.48. The largest absolute Gasteiger partial charge is 0.349 e. The minimum absolute atomic E-state index is 0.0998. The number of anilines is 1. The number of carbonyl (C=O) groups excluding carboxylic acids is 2. The molecule has 0 aliphatic carbocycles. The molecule has 0 radical (unpaired) electrons. The van der Waals surface area contributed by atoms with Crippen LogP contribution in [0.15, 0.2) is 53.4 Å². The van der Waals surface area contributed by atoms with E-state index in [0.29, 0.717) is 5.69 Å². The first kappa shape index (κ1) is 18.1. The van der Waals surface area contributed by atoms with Gasteiger partial charge in [0.1, 0.15) is 0 Å². The molecular formula is C19H20N2O4S. The number of hydrogen-bond acceptors (Lipinski definition) is 4. The molecule has 0 aromatic heterocycles. The van der Waals surface area contributed by atoms with Gasteiger partial charge in [0.05, 0.1) is 16.9 Å².